The molecule has 0 heterocycles. The van der Waals surface area contributed by atoms with Crippen LogP contribution in [0.5, 0.6) is 0 Å². The Bertz CT molecular complexity index is 258. The normalized spacial score (nSPS) is 25.4. The fraction of sp³-hybridized carbons (Fsp3) is 0.917. The summed E-state index contributed by atoms with van der Waals surface area (Å²) in [5.41, 5.74) is 5.83. The van der Waals surface area contributed by atoms with Crippen LogP contribution < -0.4 is 11.1 Å². The Morgan fingerprint density at radius 1 is 1.44 bits per heavy atom. The zero-order valence-electron chi connectivity index (χ0n) is 9.74. The largest absolute Gasteiger partial charge is 0.391 e. The van der Waals surface area contributed by atoms with Gasteiger partial charge in [-0.2, -0.15) is 0 Å². The smallest absolute Gasteiger partial charge is 0.221 e. The number of hydrogen-bond donors (Lipinski definition) is 3. The number of carbonyl (C=O) groups excluding carboxylic acids is 1. The lowest BCUT2D eigenvalue weighted by molar-refractivity contribution is -0.122. The Morgan fingerprint density at radius 2 is 2.06 bits per heavy atom. The van der Waals surface area contributed by atoms with E-state index in [1.54, 1.807) is 0 Å². The van der Waals surface area contributed by atoms with E-state index >= 15 is 0 Å². The van der Waals surface area contributed by atoms with E-state index in [1.807, 2.05) is 0 Å². The number of nitrogens with two attached hydrogens (primary N) is 1. The van der Waals surface area contributed by atoms with Crippen LogP contribution in [0.3, 0.4) is 0 Å². The first kappa shape index (κ1) is 11.9. The molecule has 16 heavy (non-hydrogen) atoms. The third-order valence-corrected chi connectivity index (χ3v) is 3.79. The SMILES string of the molecule is NC1(CC(=O)NCC(O)C2CC2)CCCC1. The van der Waals surface area contributed by atoms with Crippen LogP contribution in [-0.4, -0.2) is 29.2 Å². The van der Waals surface area contributed by atoms with Gasteiger partial charge in [-0.25, -0.2) is 0 Å². The molecule has 1 unspecified atom stereocenters. The molecule has 2 rings (SSSR count). The molecule has 2 aliphatic carbocycles. The van der Waals surface area contributed by atoms with Gasteiger partial charge in [0.05, 0.1) is 6.10 Å². The number of amides is 1. The van der Waals surface area contributed by atoms with Crippen molar-refractivity contribution >= 4 is 5.91 Å². The van der Waals surface area contributed by atoms with Crippen molar-refractivity contribution in [2.75, 3.05) is 6.54 Å². The van der Waals surface area contributed by atoms with Crippen LogP contribution in [0.4, 0.5) is 0 Å². The summed E-state index contributed by atoms with van der Waals surface area (Å²) < 4.78 is 0. The molecule has 0 spiro atoms. The van der Waals surface area contributed by atoms with Crippen molar-refractivity contribution in [1.29, 1.82) is 0 Å². The molecule has 0 aromatic carbocycles. The lowest BCUT2D eigenvalue weighted by Crippen LogP contribution is -2.43. The van der Waals surface area contributed by atoms with Crippen LogP contribution in [0.2, 0.25) is 0 Å². The third kappa shape index (κ3) is 3.19. The molecule has 4 heteroatoms. The van der Waals surface area contributed by atoms with E-state index in [0.717, 1.165) is 38.5 Å². The highest BCUT2D eigenvalue weighted by atomic mass is 16.3. The highest BCUT2D eigenvalue weighted by Gasteiger charge is 2.33. The molecule has 0 aromatic heterocycles. The maximum Gasteiger partial charge on any atom is 0.221 e. The molecule has 4 nitrogen and oxygen atoms in total. The summed E-state index contributed by atoms with van der Waals surface area (Å²) in [5.74, 6) is 0.405. The second-order valence-electron chi connectivity index (χ2n) is 5.46. The molecule has 1 amide bonds. The van der Waals surface area contributed by atoms with Crippen LogP contribution in [0.15, 0.2) is 0 Å². The highest BCUT2D eigenvalue weighted by Crippen LogP contribution is 2.32. The fourth-order valence-corrected chi connectivity index (χ4v) is 2.50. The zero-order chi connectivity index (χ0) is 11.6. The first-order chi connectivity index (χ1) is 7.59. The summed E-state index contributed by atoms with van der Waals surface area (Å²) in [5, 5.41) is 12.4. The van der Waals surface area contributed by atoms with Crippen molar-refractivity contribution in [1.82, 2.24) is 5.32 Å². The molecule has 2 aliphatic rings. The van der Waals surface area contributed by atoms with Gasteiger partial charge in [-0.05, 0) is 31.6 Å². The standard InChI is InChI=1S/C12H22N2O2/c13-12(5-1-2-6-12)7-11(16)14-8-10(15)9-3-4-9/h9-10,15H,1-8,13H2,(H,14,16). The maximum absolute atomic E-state index is 11.6. The zero-order valence-corrected chi connectivity index (χ0v) is 9.74. The Morgan fingerprint density at radius 3 is 2.62 bits per heavy atom. The number of rotatable bonds is 5. The van der Waals surface area contributed by atoms with Crippen molar-refractivity contribution in [3.8, 4) is 0 Å². The van der Waals surface area contributed by atoms with Gasteiger partial charge >= 0.3 is 0 Å². The monoisotopic (exact) mass is 226 g/mol. The van der Waals surface area contributed by atoms with Crippen LogP contribution in [-0.2, 0) is 4.79 Å². The molecular weight excluding hydrogens is 204 g/mol. The average Bonchev–Trinajstić information content (AvgIpc) is 2.99. The summed E-state index contributed by atoms with van der Waals surface area (Å²) in [6.45, 7) is 0.388. The van der Waals surface area contributed by atoms with Gasteiger partial charge in [-0.1, -0.05) is 12.8 Å². The fourth-order valence-electron chi connectivity index (χ4n) is 2.50. The second-order valence-corrected chi connectivity index (χ2v) is 5.46. The van der Waals surface area contributed by atoms with E-state index in [9.17, 15) is 9.90 Å². The molecule has 0 aromatic rings. The van der Waals surface area contributed by atoms with Gasteiger partial charge in [-0.15, -0.1) is 0 Å². The second kappa shape index (κ2) is 4.72. The summed E-state index contributed by atoms with van der Waals surface area (Å²) in [7, 11) is 0. The van der Waals surface area contributed by atoms with E-state index in [4.69, 9.17) is 5.73 Å². The average molecular weight is 226 g/mol. The molecule has 0 bridgehead atoms. The number of aliphatic hydroxyl groups is 1. The lowest BCUT2D eigenvalue weighted by atomic mass is 9.94. The van der Waals surface area contributed by atoms with Gasteiger partial charge in [0.25, 0.3) is 0 Å². The molecule has 1 atom stereocenters. The van der Waals surface area contributed by atoms with Crippen molar-refractivity contribution in [3.05, 3.63) is 0 Å². The van der Waals surface area contributed by atoms with Gasteiger partial charge in [0.15, 0.2) is 0 Å². The highest BCUT2D eigenvalue weighted by molar-refractivity contribution is 5.77. The lowest BCUT2D eigenvalue weighted by Gasteiger charge is -2.23. The van der Waals surface area contributed by atoms with E-state index in [0.29, 0.717) is 18.9 Å². The van der Waals surface area contributed by atoms with Crippen LogP contribution in [0.25, 0.3) is 0 Å². The van der Waals surface area contributed by atoms with Crippen LogP contribution in [0.1, 0.15) is 44.9 Å². The number of carbonyl (C=O) groups is 1. The predicted molar refractivity (Wildman–Crippen MR) is 61.7 cm³/mol. The molecular formula is C12H22N2O2. The van der Waals surface area contributed by atoms with E-state index in [1.165, 1.54) is 0 Å². The third-order valence-electron chi connectivity index (χ3n) is 3.79. The summed E-state index contributed by atoms with van der Waals surface area (Å²) >= 11 is 0. The number of hydrogen-bond acceptors (Lipinski definition) is 3. The Labute approximate surface area is 96.6 Å². The number of nitrogens with one attached hydrogen (secondary N) is 1. The Kier molecular flexibility index (Phi) is 3.50. The minimum atomic E-state index is -0.360. The van der Waals surface area contributed by atoms with Crippen molar-refractivity contribution in [3.63, 3.8) is 0 Å². The Balaban J connectivity index is 1.67. The topological polar surface area (TPSA) is 75.4 Å². The van der Waals surface area contributed by atoms with E-state index < -0.39 is 0 Å². The van der Waals surface area contributed by atoms with E-state index in [2.05, 4.69) is 5.32 Å². The van der Waals surface area contributed by atoms with Gasteiger partial charge in [0, 0.05) is 18.5 Å². The predicted octanol–water partition coefficient (Wildman–Crippen LogP) is 0.535. The molecule has 0 radical (unpaired) electrons. The molecule has 0 aliphatic heterocycles. The minimum Gasteiger partial charge on any atom is -0.391 e. The Hall–Kier alpha value is -0.610. The van der Waals surface area contributed by atoms with Crippen LogP contribution >= 0.6 is 0 Å². The van der Waals surface area contributed by atoms with Crippen LogP contribution in [0, 0.1) is 5.92 Å². The first-order valence-electron chi connectivity index (χ1n) is 6.33. The van der Waals surface area contributed by atoms with Crippen molar-refractivity contribution < 1.29 is 9.90 Å². The molecule has 2 fully saturated rings. The molecule has 92 valence electrons. The quantitative estimate of drug-likeness (QED) is 0.640. The van der Waals surface area contributed by atoms with E-state index in [-0.39, 0.29) is 17.6 Å². The van der Waals surface area contributed by atoms with Gasteiger partial charge < -0.3 is 16.2 Å². The minimum absolute atomic E-state index is 0.0101. The van der Waals surface area contributed by atoms with Crippen molar-refractivity contribution in [2.24, 2.45) is 11.7 Å². The maximum atomic E-state index is 11.6. The first-order valence-corrected chi connectivity index (χ1v) is 6.33. The summed E-state index contributed by atoms with van der Waals surface area (Å²) in [6.07, 6.45) is 6.40. The van der Waals surface area contributed by atoms with Crippen molar-refractivity contribution in [2.45, 2.75) is 56.6 Å². The molecule has 4 N–H and O–H groups in total. The van der Waals surface area contributed by atoms with Gasteiger partial charge in [0.2, 0.25) is 5.91 Å². The van der Waals surface area contributed by atoms with Gasteiger partial charge in [-0.3, -0.25) is 4.79 Å². The number of aliphatic hydroxyl groups excluding tert-OH is 1. The molecule has 0 saturated heterocycles. The summed E-state index contributed by atoms with van der Waals surface area (Å²) in [6, 6.07) is 0. The molecule has 2 saturated carbocycles. The summed E-state index contributed by atoms with van der Waals surface area (Å²) in [4.78, 5) is 11.6. The van der Waals surface area contributed by atoms with Gasteiger partial charge in [0.1, 0.15) is 0 Å².